The predicted molar refractivity (Wildman–Crippen MR) is 61.1 cm³/mol. The van der Waals surface area contributed by atoms with Crippen molar-refractivity contribution < 1.29 is 13.6 Å². The molecule has 0 unspecified atom stereocenters. The van der Waals surface area contributed by atoms with E-state index in [1.807, 2.05) is 0 Å². The Morgan fingerprint density at radius 2 is 2.00 bits per heavy atom. The maximum atomic E-state index is 13.2. The molecule has 0 atom stereocenters. The van der Waals surface area contributed by atoms with Gasteiger partial charge in [0.2, 0.25) is 5.91 Å². The van der Waals surface area contributed by atoms with Gasteiger partial charge < -0.3 is 5.32 Å². The van der Waals surface area contributed by atoms with Crippen molar-refractivity contribution in [2.24, 2.45) is 0 Å². The molecule has 1 N–H and O–H groups in total. The van der Waals surface area contributed by atoms with Crippen molar-refractivity contribution in [2.45, 2.75) is 19.3 Å². The van der Waals surface area contributed by atoms with E-state index in [2.05, 4.69) is 11.2 Å². The molecular formula is C13H13F2NO. The highest BCUT2D eigenvalue weighted by Crippen LogP contribution is 2.12. The lowest BCUT2D eigenvalue weighted by molar-refractivity contribution is -0.120. The van der Waals surface area contributed by atoms with Crippen LogP contribution in [-0.4, -0.2) is 12.5 Å². The Morgan fingerprint density at radius 3 is 2.59 bits per heavy atom. The zero-order valence-electron chi connectivity index (χ0n) is 9.30. The van der Waals surface area contributed by atoms with Gasteiger partial charge in [0.25, 0.3) is 0 Å². The molecule has 1 rings (SSSR count). The summed E-state index contributed by atoms with van der Waals surface area (Å²) in [6, 6.07) is 3.52. The number of rotatable bonds is 5. The number of hydrogen-bond donors (Lipinski definition) is 1. The highest BCUT2D eigenvalue weighted by Gasteiger charge is 2.12. The highest BCUT2D eigenvalue weighted by atomic mass is 19.1. The van der Waals surface area contributed by atoms with E-state index in [4.69, 9.17) is 6.42 Å². The largest absolute Gasteiger partial charge is 0.356 e. The first kappa shape index (κ1) is 13.2. The number of unbranched alkanes of at least 4 members (excludes halogenated alkanes) is 1. The Balaban J connectivity index is 2.48. The van der Waals surface area contributed by atoms with E-state index in [0.717, 1.165) is 12.1 Å². The number of hydrogen-bond acceptors (Lipinski definition) is 1. The molecule has 0 radical (unpaired) electrons. The summed E-state index contributed by atoms with van der Waals surface area (Å²) >= 11 is 0. The summed E-state index contributed by atoms with van der Waals surface area (Å²) in [5.74, 6) is 0.617. The predicted octanol–water partition coefficient (Wildman–Crippen LogP) is 2.04. The van der Waals surface area contributed by atoms with E-state index in [9.17, 15) is 13.6 Å². The van der Waals surface area contributed by atoms with Gasteiger partial charge in [-0.25, -0.2) is 8.78 Å². The second-order valence-electron chi connectivity index (χ2n) is 3.53. The minimum Gasteiger partial charge on any atom is -0.356 e. The van der Waals surface area contributed by atoms with Crippen molar-refractivity contribution in [2.75, 3.05) is 6.54 Å². The summed E-state index contributed by atoms with van der Waals surface area (Å²) in [4.78, 5) is 11.4. The Hall–Kier alpha value is -1.89. The lowest BCUT2D eigenvalue weighted by atomic mass is 10.1. The lowest BCUT2D eigenvalue weighted by Gasteiger charge is -2.06. The highest BCUT2D eigenvalue weighted by molar-refractivity contribution is 5.78. The quantitative estimate of drug-likeness (QED) is 0.616. The van der Waals surface area contributed by atoms with Crippen LogP contribution in [0.15, 0.2) is 18.2 Å². The maximum absolute atomic E-state index is 13.2. The van der Waals surface area contributed by atoms with E-state index in [0.29, 0.717) is 19.4 Å². The molecule has 17 heavy (non-hydrogen) atoms. The molecule has 0 heterocycles. The third-order valence-electron chi connectivity index (χ3n) is 2.22. The van der Waals surface area contributed by atoms with E-state index in [1.165, 1.54) is 6.07 Å². The fourth-order valence-electron chi connectivity index (χ4n) is 1.34. The van der Waals surface area contributed by atoms with Crippen LogP contribution in [-0.2, 0) is 11.2 Å². The summed E-state index contributed by atoms with van der Waals surface area (Å²) in [7, 11) is 0. The van der Waals surface area contributed by atoms with Gasteiger partial charge in [0, 0.05) is 18.5 Å². The van der Waals surface area contributed by atoms with Gasteiger partial charge in [0.1, 0.15) is 11.6 Å². The van der Waals surface area contributed by atoms with Crippen molar-refractivity contribution >= 4 is 5.91 Å². The Morgan fingerprint density at radius 1 is 1.35 bits per heavy atom. The third-order valence-corrected chi connectivity index (χ3v) is 2.22. The Labute approximate surface area is 99.0 Å². The van der Waals surface area contributed by atoms with Crippen molar-refractivity contribution in [3.05, 3.63) is 35.4 Å². The van der Waals surface area contributed by atoms with E-state index >= 15 is 0 Å². The number of carbonyl (C=O) groups is 1. The molecule has 0 aliphatic heterocycles. The monoisotopic (exact) mass is 237 g/mol. The SMILES string of the molecule is C#CCCCNC(=O)Cc1c(F)cccc1F. The van der Waals surface area contributed by atoms with Gasteiger partial charge in [-0.05, 0) is 18.6 Å². The number of carbonyl (C=O) groups excluding carboxylic acids is 1. The topological polar surface area (TPSA) is 29.1 Å². The fourth-order valence-corrected chi connectivity index (χ4v) is 1.34. The number of halogens is 2. The van der Waals surface area contributed by atoms with Gasteiger partial charge >= 0.3 is 0 Å². The summed E-state index contributed by atoms with van der Waals surface area (Å²) in [5, 5.41) is 2.55. The molecule has 1 aromatic carbocycles. The molecule has 0 aromatic heterocycles. The van der Waals surface area contributed by atoms with Crippen LogP contribution in [0.25, 0.3) is 0 Å². The second kappa shape index (κ2) is 6.64. The molecule has 2 nitrogen and oxygen atoms in total. The fraction of sp³-hybridized carbons (Fsp3) is 0.308. The molecule has 0 bridgehead atoms. The smallest absolute Gasteiger partial charge is 0.224 e. The van der Waals surface area contributed by atoms with Crippen molar-refractivity contribution in [1.29, 1.82) is 0 Å². The molecule has 1 amide bonds. The molecule has 0 aliphatic carbocycles. The zero-order chi connectivity index (χ0) is 12.7. The molecular weight excluding hydrogens is 224 g/mol. The van der Waals surface area contributed by atoms with Crippen LogP contribution in [0.4, 0.5) is 8.78 Å². The lowest BCUT2D eigenvalue weighted by Crippen LogP contribution is -2.26. The van der Waals surface area contributed by atoms with E-state index in [-0.39, 0.29) is 12.0 Å². The van der Waals surface area contributed by atoms with Gasteiger partial charge in [-0.3, -0.25) is 4.79 Å². The summed E-state index contributed by atoms with van der Waals surface area (Å²) in [6.45, 7) is 0.416. The minimum atomic E-state index is -0.705. The second-order valence-corrected chi connectivity index (χ2v) is 3.53. The number of amides is 1. The first-order chi connectivity index (χ1) is 8.15. The van der Waals surface area contributed by atoms with Gasteiger partial charge in [-0.1, -0.05) is 6.07 Å². The van der Waals surface area contributed by atoms with Crippen molar-refractivity contribution in [3.63, 3.8) is 0 Å². The molecule has 0 saturated carbocycles. The van der Waals surface area contributed by atoms with Crippen LogP contribution >= 0.6 is 0 Å². The van der Waals surface area contributed by atoms with E-state index < -0.39 is 17.5 Å². The normalized spacial score (nSPS) is 9.71. The van der Waals surface area contributed by atoms with Gasteiger partial charge in [-0.2, -0.15) is 0 Å². The van der Waals surface area contributed by atoms with Crippen LogP contribution in [0.3, 0.4) is 0 Å². The summed E-state index contributed by atoms with van der Waals surface area (Å²) in [6.07, 6.45) is 5.97. The average Bonchev–Trinajstić information content (AvgIpc) is 2.30. The van der Waals surface area contributed by atoms with Crippen LogP contribution in [0.1, 0.15) is 18.4 Å². The molecule has 0 saturated heterocycles. The molecule has 4 heteroatoms. The Bertz CT molecular complexity index is 417. The first-order valence-electron chi connectivity index (χ1n) is 5.28. The molecule has 0 fully saturated rings. The molecule has 1 aromatic rings. The summed E-state index contributed by atoms with van der Waals surface area (Å²) in [5.41, 5.74) is -0.207. The van der Waals surface area contributed by atoms with Crippen LogP contribution in [0.5, 0.6) is 0 Å². The van der Waals surface area contributed by atoms with Gasteiger partial charge in [0.05, 0.1) is 6.42 Å². The number of terminal acetylenes is 1. The standard InChI is InChI=1S/C13H13F2NO/c1-2-3-4-8-16-13(17)9-10-11(14)6-5-7-12(10)15/h1,5-7H,3-4,8-9H2,(H,16,17). The van der Waals surface area contributed by atoms with Crippen LogP contribution in [0.2, 0.25) is 0 Å². The van der Waals surface area contributed by atoms with Crippen LogP contribution < -0.4 is 5.32 Å². The van der Waals surface area contributed by atoms with E-state index in [1.54, 1.807) is 0 Å². The summed E-state index contributed by atoms with van der Waals surface area (Å²) < 4.78 is 26.4. The minimum absolute atomic E-state index is 0.207. The number of benzene rings is 1. The molecule has 0 aliphatic rings. The third kappa shape index (κ3) is 4.23. The van der Waals surface area contributed by atoms with Gasteiger partial charge in [0.15, 0.2) is 0 Å². The average molecular weight is 237 g/mol. The van der Waals surface area contributed by atoms with Crippen molar-refractivity contribution in [1.82, 2.24) is 5.32 Å². The molecule has 0 spiro atoms. The van der Waals surface area contributed by atoms with Crippen LogP contribution in [0, 0.1) is 24.0 Å². The Kier molecular flexibility index (Phi) is 5.15. The molecule has 90 valence electrons. The first-order valence-corrected chi connectivity index (χ1v) is 5.28. The number of nitrogens with one attached hydrogen (secondary N) is 1. The van der Waals surface area contributed by atoms with Gasteiger partial charge in [-0.15, -0.1) is 12.3 Å². The van der Waals surface area contributed by atoms with Crippen molar-refractivity contribution in [3.8, 4) is 12.3 Å². The zero-order valence-corrected chi connectivity index (χ0v) is 9.30. The maximum Gasteiger partial charge on any atom is 0.224 e.